The molecule has 3 rings (SSSR count). The summed E-state index contributed by atoms with van der Waals surface area (Å²) in [5.74, 6) is 0.471. The normalized spacial score (nSPS) is 11.1. The molecule has 0 fully saturated rings. The molecule has 0 radical (unpaired) electrons. The van der Waals surface area contributed by atoms with Gasteiger partial charge in [-0.2, -0.15) is 0 Å². The fourth-order valence-electron chi connectivity index (χ4n) is 3.06. The molecule has 0 saturated carbocycles. The summed E-state index contributed by atoms with van der Waals surface area (Å²) in [6, 6.07) is 19.2. The Hall–Kier alpha value is -3.32. The lowest BCUT2D eigenvalue weighted by atomic mass is 10.1. The number of benzene rings is 3. The van der Waals surface area contributed by atoms with Crippen LogP contribution in [0.1, 0.15) is 27.0 Å². The van der Waals surface area contributed by atoms with Crippen molar-refractivity contribution >= 4 is 21.6 Å². The molecule has 0 aliphatic heterocycles. The molecule has 1 amide bonds. The fraction of sp³-hybridized carbons (Fsp3) is 0.208. The maximum Gasteiger partial charge on any atom is 0.261 e. The van der Waals surface area contributed by atoms with Crippen LogP contribution in [0.3, 0.4) is 0 Å². The monoisotopic (exact) mass is 438 g/mol. The third-order valence-electron chi connectivity index (χ3n) is 4.93. The smallest absolute Gasteiger partial charge is 0.261 e. The predicted molar refractivity (Wildman–Crippen MR) is 122 cm³/mol. The second kappa shape index (κ2) is 9.66. The van der Waals surface area contributed by atoms with Crippen LogP contribution in [-0.4, -0.2) is 28.0 Å². The zero-order valence-electron chi connectivity index (χ0n) is 17.8. The maximum atomic E-state index is 12.8. The van der Waals surface area contributed by atoms with E-state index >= 15 is 0 Å². The lowest BCUT2D eigenvalue weighted by molar-refractivity contribution is 0.0953. The van der Waals surface area contributed by atoms with E-state index < -0.39 is 10.0 Å². The molecular formula is C24H26N2O4S. The molecule has 3 aromatic carbocycles. The van der Waals surface area contributed by atoms with Crippen molar-refractivity contribution in [2.24, 2.45) is 0 Å². The van der Waals surface area contributed by atoms with E-state index in [9.17, 15) is 13.2 Å². The largest absolute Gasteiger partial charge is 0.497 e. The minimum absolute atomic E-state index is 0.0407. The molecule has 0 aromatic heterocycles. The molecule has 31 heavy (non-hydrogen) atoms. The molecule has 6 nitrogen and oxygen atoms in total. The van der Waals surface area contributed by atoms with Crippen molar-refractivity contribution in [3.05, 3.63) is 89.0 Å². The molecule has 0 saturated heterocycles. The van der Waals surface area contributed by atoms with E-state index in [4.69, 9.17) is 4.74 Å². The average Bonchev–Trinajstić information content (AvgIpc) is 2.75. The van der Waals surface area contributed by atoms with Crippen LogP contribution in [0.5, 0.6) is 5.75 Å². The summed E-state index contributed by atoms with van der Waals surface area (Å²) in [6.45, 7) is 4.14. The summed E-state index contributed by atoms with van der Waals surface area (Å²) in [4.78, 5) is 12.7. The van der Waals surface area contributed by atoms with Gasteiger partial charge in [0.1, 0.15) is 5.75 Å². The maximum absolute atomic E-state index is 12.8. The van der Waals surface area contributed by atoms with E-state index in [2.05, 4.69) is 10.0 Å². The number of nitrogens with one attached hydrogen (secondary N) is 2. The Balaban J connectivity index is 1.68. The topological polar surface area (TPSA) is 84.5 Å². The van der Waals surface area contributed by atoms with Crippen LogP contribution < -0.4 is 14.8 Å². The number of hydrogen-bond donors (Lipinski definition) is 2. The molecule has 3 aromatic rings. The van der Waals surface area contributed by atoms with Crippen molar-refractivity contribution in [3.63, 3.8) is 0 Å². The van der Waals surface area contributed by atoms with Gasteiger partial charge in [0.25, 0.3) is 15.9 Å². The standard InChI is InChI=1S/C24H26N2O4S/c1-17-4-9-20(10-5-17)26-31(28,29)22-13-6-18(2)23(16-22)24(27)25-15-14-19-7-11-21(30-3)12-8-19/h4-13,16,26H,14-15H2,1-3H3,(H,25,27). The third kappa shape index (κ3) is 5.86. The molecular weight excluding hydrogens is 412 g/mol. The van der Waals surface area contributed by atoms with E-state index in [-0.39, 0.29) is 10.8 Å². The van der Waals surface area contributed by atoms with Gasteiger partial charge in [-0.1, -0.05) is 35.9 Å². The molecule has 7 heteroatoms. The van der Waals surface area contributed by atoms with E-state index in [0.29, 0.717) is 29.8 Å². The highest BCUT2D eigenvalue weighted by molar-refractivity contribution is 7.92. The molecule has 2 N–H and O–H groups in total. The highest BCUT2D eigenvalue weighted by Gasteiger charge is 2.18. The number of carbonyl (C=O) groups excluding carboxylic acids is 1. The minimum Gasteiger partial charge on any atom is -0.497 e. The van der Waals surface area contributed by atoms with Crippen LogP contribution in [0.15, 0.2) is 71.6 Å². The van der Waals surface area contributed by atoms with Gasteiger partial charge in [0, 0.05) is 17.8 Å². The number of carbonyl (C=O) groups is 1. The van der Waals surface area contributed by atoms with Gasteiger partial charge >= 0.3 is 0 Å². The van der Waals surface area contributed by atoms with Gasteiger partial charge in [0.2, 0.25) is 0 Å². The average molecular weight is 439 g/mol. The van der Waals surface area contributed by atoms with Crippen LogP contribution in [0, 0.1) is 13.8 Å². The highest BCUT2D eigenvalue weighted by Crippen LogP contribution is 2.20. The Labute approximate surface area is 183 Å². The molecule has 0 atom stereocenters. The minimum atomic E-state index is -3.81. The highest BCUT2D eigenvalue weighted by atomic mass is 32.2. The first-order valence-corrected chi connectivity index (χ1v) is 11.4. The number of hydrogen-bond acceptors (Lipinski definition) is 4. The van der Waals surface area contributed by atoms with Gasteiger partial charge in [-0.25, -0.2) is 8.42 Å². The number of methoxy groups -OCH3 is 1. The predicted octanol–water partition coefficient (Wildman–Crippen LogP) is 4.09. The summed E-state index contributed by atoms with van der Waals surface area (Å²) in [6.07, 6.45) is 0.655. The van der Waals surface area contributed by atoms with Gasteiger partial charge in [-0.15, -0.1) is 0 Å². The summed E-state index contributed by atoms with van der Waals surface area (Å²) in [5, 5.41) is 2.87. The van der Waals surface area contributed by atoms with Crippen molar-refractivity contribution in [3.8, 4) is 5.75 Å². The van der Waals surface area contributed by atoms with Crippen molar-refractivity contribution in [1.29, 1.82) is 0 Å². The summed E-state index contributed by atoms with van der Waals surface area (Å²) < 4.78 is 33.2. The second-order valence-corrected chi connectivity index (χ2v) is 8.98. The van der Waals surface area contributed by atoms with Crippen molar-refractivity contribution < 1.29 is 17.9 Å². The first kappa shape index (κ1) is 22.4. The first-order valence-electron chi connectivity index (χ1n) is 9.90. The van der Waals surface area contributed by atoms with Crippen molar-refractivity contribution in [2.75, 3.05) is 18.4 Å². The first-order chi connectivity index (χ1) is 14.8. The van der Waals surface area contributed by atoms with Gasteiger partial charge in [-0.05, 0) is 67.8 Å². The van der Waals surface area contributed by atoms with E-state index in [1.165, 1.54) is 12.1 Å². The number of rotatable bonds is 8. The number of anilines is 1. The Morgan fingerprint density at radius 3 is 2.26 bits per heavy atom. The van der Waals surface area contributed by atoms with E-state index in [1.807, 2.05) is 43.3 Å². The van der Waals surface area contributed by atoms with Gasteiger partial charge in [-0.3, -0.25) is 9.52 Å². The van der Waals surface area contributed by atoms with Crippen LogP contribution in [-0.2, 0) is 16.4 Å². The van der Waals surface area contributed by atoms with Crippen LogP contribution in [0.4, 0.5) is 5.69 Å². The zero-order chi connectivity index (χ0) is 22.4. The number of amides is 1. The number of sulfonamides is 1. The van der Waals surface area contributed by atoms with Crippen molar-refractivity contribution in [1.82, 2.24) is 5.32 Å². The van der Waals surface area contributed by atoms with Gasteiger partial charge < -0.3 is 10.1 Å². The lowest BCUT2D eigenvalue weighted by Gasteiger charge is -2.12. The molecule has 0 aliphatic carbocycles. The van der Waals surface area contributed by atoms with Crippen molar-refractivity contribution in [2.45, 2.75) is 25.2 Å². The Morgan fingerprint density at radius 2 is 1.61 bits per heavy atom. The van der Waals surface area contributed by atoms with E-state index in [1.54, 1.807) is 32.2 Å². The molecule has 0 spiro atoms. The lowest BCUT2D eigenvalue weighted by Crippen LogP contribution is -2.26. The molecule has 0 bridgehead atoms. The van der Waals surface area contributed by atoms with Crippen LogP contribution in [0.25, 0.3) is 0 Å². The number of aryl methyl sites for hydroxylation is 2. The molecule has 0 unspecified atom stereocenters. The van der Waals surface area contributed by atoms with E-state index in [0.717, 1.165) is 16.9 Å². The molecule has 0 aliphatic rings. The third-order valence-corrected chi connectivity index (χ3v) is 6.30. The Morgan fingerprint density at radius 1 is 0.935 bits per heavy atom. The quantitative estimate of drug-likeness (QED) is 0.555. The molecule has 0 heterocycles. The summed E-state index contributed by atoms with van der Waals surface area (Å²) >= 11 is 0. The van der Waals surface area contributed by atoms with Crippen LogP contribution >= 0.6 is 0 Å². The van der Waals surface area contributed by atoms with Crippen LogP contribution in [0.2, 0.25) is 0 Å². The zero-order valence-corrected chi connectivity index (χ0v) is 18.6. The number of ether oxygens (including phenoxy) is 1. The van der Waals surface area contributed by atoms with Gasteiger partial charge in [0.15, 0.2) is 0 Å². The molecule has 162 valence electrons. The Kier molecular flexibility index (Phi) is 6.97. The van der Waals surface area contributed by atoms with Gasteiger partial charge in [0.05, 0.1) is 12.0 Å². The summed E-state index contributed by atoms with van der Waals surface area (Å²) in [5.41, 5.74) is 3.61. The SMILES string of the molecule is COc1ccc(CCNC(=O)c2cc(S(=O)(=O)Nc3ccc(C)cc3)ccc2C)cc1. The summed E-state index contributed by atoms with van der Waals surface area (Å²) in [7, 11) is -2.20. The second-order valence-electron chi connectivity index (χ2n) is 7.30. The Bertz CT molecular complexity index is 1160. The fourth-order valence-corrected chi connectivity index (χ4v) is 4.14.